The largest absolute Gasteiger partial charge is 1.00 e. The predicted molar refractivity (Wildman–Crippen MR) is 18.9 cm³/mol. The minimum absolute atomic E-state index is 0. The predicted octanol–water partition coefficient (Wildman–Crippen LogP) is -2.63. The summed E-state index contributed by atoms with van der Waals surface area (Å²) in [6, 6.07) is 0. The Morgan fingerprint density at radius 3 is 2.00 bits per heavy atom. The summed E-state index contributed by atoms with van der Waals surface area (Å²) < 4.78 is 0. The van der Waals surface area contributed by atoms with Gasteiger partial charge in [0, 0.05) is 23.1 Å². The Bertz CT molecular complexity index is 68.3. The molecule has 0 aliphatic heterocycles. The molecule has 38 valence electrons. The summed E-state index contributed by atoms with van der Waals surface area (Å²) in [6.07, 6.45) is 0.833. The van der Waals surface area contributed by atoms with Gasteiger partial charge in [0.05, 0.1) is 0 Å². The van der Waals surface area contributed by atoms with Crippen molar-refractivity contribution in [2.24, 2.45) is 0 Å². The Morgan fingerprint density at radius 1 is 1.86 bits per heavy atom. The van der Waals surface area contributed by atoms with E-state index in [0.29, 0.717) is 0 Å². The molecular weight excluding hydrogens is 147 g/mol. The maximum Gasteiger partial charge on any atom is 1.00 e. The van der Waals surface area contributed by atoms with Crippen molar-refractivity contribution in [1.82, 2.24) is 0 Å². The fourth-order valence-corrected chi connectivity index (χ4v) is 0. The maximum absolute atomic E-state index is 9.25. The van der Waals surface area contributed by atoms with Gasteiger partial charge in [0.25, 0.3) is 0 Å². The fourth-order valence-electron chi connectivity index (χ4n) is 0. The average Bonchev–Trinajstić information content (AvgIpc) is 1.38. The Hall–Kier alpha value is 0.729. The van der Waals surface area contributed by atoms with Gasteiger partial charge in [-0.15, -0.1) is 0 Å². The molecule has 0 heterocycles. The van der Waals surface area contributed by atoms with Gasteiger partial charge in [-0.3, -0.25) is 0 Å². The van der Waals surface area contributed by atoms with Crippen LogP contribution in [0.2, 0.25) is 0 Å². The van der Waals surface area contributed by atoms with E-state index in [0.717, 1.165) is 6.08 Å². The van der Waals surface area contributed by atoms with Crippen LogP contribution in [0.4, 0.5) is 0 Å². The second kappa shape index (κ2) is 9.88. The molecule has 0 fully saturated rings. The molecule has 0 bridgehead atoms. The first-order valence-corrected chi connectivity index (χ1v) is 1.12. The van der Waals surface area contributed by atoms with Crippen LogP contribution in [0, 0.1) is 0 Å². The van der Waals surface area contributed by atoms with E-state index < -0.39 is 5.97 Å². The van der Waals surface area contributed by atoms with Crippen LogP contribution < -0.4 is 29.6 Å². The van der Waals surface area contributed by atoms with Gasteiger partial charge in [-0.25, -0.2) is 4.79 Å². The zero-order chi connectivity index (χ0) is 4.28. The molecule has 0 aromatic heterocycles. The quantitative estimate of drug-likeness (QED) is 0.329. The van der Waals surface area contributed by atoms with Crippen molar-refractivity contribution in [3.05, 3.63) is 12.7 Å². The van der Waals surface area contributed by atoms with Gasteiger partial charge in [-0.05, 0) is 0 Å². The Labute approximate surface area is 76.2 Å². The topological polar surface area (TPSA) is 37.3 Å². The van der Waals surface area contributed by atoms with Crippen LogP contribution in [0.5, 0.6) is 0 Å². The van der Waals surface area contributed by atoms with E-state index in [2.05, 4.69) is 6.58 Å². The Kier molecular flexibility index (Phi) is 22.1. The smallest absolute Gasteiger partial charge is 1.00 e. The van der Waals surface area contributed by atoms with E-state index in [9.17, 15) is 4.79 Å². The summed E-state index contributed by atoms with van der Waals surface area (Å²) in [5, 5.41) is 7.60. The van der Waals surface area contributed by atoms with Crippen LogP contribution in [-0.2, 0) is 21.9 Å². The van der Waals surface area contributed by atoms with Gasteiger partial charge < -0.3 is 6.53 Å². The molecule has 0 aliphatic rings. The Balaban J connectivity index is -0.0000000267. The molecule has 0 radical (unpaired) electrons. The molecule has 0 amide bonds. The molecule has 0 unspecified atom stereocenters. The van der Waals surface area contributed by atoms with Gasteiger partial charge in [0.1, 0.15) is 0 Å². The van der Waals surface area contributed by atoms with Crippen molar-refractivity contribution in [2.75, 3.05) is 0 Å². The standard InChI is InChI=1S/C3H4O2.Fe.Na.H/c1-2-3(4)5;;;/h2H,1H2,(H,4,5);;;/q;;+1;-1. The number of hydrogen-bond donors (Lipinski definition) is 1. The third-order valence-corrected chi connectivity index (χ3v) is 0.175. The first-order valence-electron chi connectivity index (χ1n) is 1.12. The summed E-state index contributed by atoms with van der Waals surface area (Å²) in [4.78, 5) is 9.25. The number of rotatable bonds is 1. The molecule has 0 rings (SSSR count). The van der Waals surface area contributed by atoms with Gasteiger partial charge in [0.15, 0.2) is 0 Å². The van der Waals surface area contributed by atoms with E-state index in [1.807, 2.05) is 0 Å². The number of carbonyl (C=O) groups is 1. The van der Waals surface area contributed by atoms with Crippen LogP contribution in [0.1, 0.15) is 1.43 Å². The minimum Gasteiger partial charge on any atom is -1.00 e. The zero-order valence-corrected chi connectivity index (χ0v) is 7.10. The van der Waals surface area contributed by atoms with Crippen LogP contribution in [0.15, 0.2) is 12.7 Å². The van der Waals surface area contributed by atoms with Crippen LogP contribution in [0.25, 0.3) is 0 Å². The van der Waals surface area contributed by atoms with Gasteiger partial charge >= 0.3 is 35.5 Å². The monoisotopic (exact) mass is 152 g/mol. The second-order valence-electron chi connectivity index (χ2n) is 0.542. The van der Waals surface area contributed by atoms with Crippen molar-refractivity contribution in [2.45, 2.75) is 0 Å². The second-order valence-corrected chi connectivity index (χ2v) is 0.542. The molecule has 4 heteroatoms. The van der Waals surface area contributed by atoms with Crippen LogP contribution in [0.3, 0.4) is 0 Å². The number of carboxylic acids is 1. The third-order valence-electron chi connectivity index (χ3n) is 0.175. The molecule has 0 atom stereocenters. The molecule has 0 aromatic rings. The maximum atomic E-state index is 9.25. The molecule has 7 heavy (non-hydrogen) atoms. The van der Waals surface area contributed by atoms with E-state index >= 15 is 0 Å². The summed E-state index contributed by atoms with van der Waals surface area (Å²) in [5.74, 6) is -0.981. The molecule has 0 aliphatic carbocycles. The molecule has 0 aromatic carbocycles. The molecule has 0 saturated carbocycles. The first-order chi connectivity index (χ1) is 2.27. The summed E-state index contributed by atoms with van der Waals surface area (Å²) in [6.45, 7) is 2.96. The zero-order valence-electron chi connectivity index (χ0n) is 4.99. The van der Waals surface area contributed by atoms with Crippen molar-refractivity contribution in [1.29, 1.82) is 0 Å². The van der Waals surface area contributed by atoms with E-state index in [4.69, 9.17) is 5.11 Å². The van der Waals surface area contributed by atoms with E-state index in [1.54, 1.807) is 0 Å². The average molecular weight is 152 g/mol. The van der Waals surface area contributed by atoms with Crippen molar-refractivity contribution >= 4 is 5.97 Å². The molecule has 0 saturated heterocycles. The third kappa shape index (κ3) is 20.2. The van der Waals surface area contributed by atoms with E-state index in [1.165, 1.54) is 0 Å². The first kappa shape index (κ1) is 15.6. The van der Waals surface area contributed by atoms with Crippen LogP contribution >= 0.6 is 0 Å². The molecule has 2 nitrogen and oxygen atoms in total. The molecular formula is C3H5FeNaO2. The van der Waals surface area contributed by atoms with Crippen LogP contribution in [-0.4, -0.2) is 11.1 Å². The normalized spacial score (nSPS) is 4.57. The summed E-state index contributed by atoms with van der Waals surface area (Å²) in [5.41, 5.74) is 0. The van der Waals surface area contributed by atoms with Gasteiger partial charge in [-0.1, -0.05) is 6.58 Å². The summed E-state index contributed by atoms with van der Waals surface area (Å²) >= 11 is 0. The number of carboxylic acid groups (broad SMARTS) is 1. The van der Waals surface area contributed by atoms with Gasteiger partial charge in [-0.2, -0.15) is 0 Å². The number of aliphatic carboxylic acids is 1. The van der Waals surface area contributed by atoms with Gasteiger partial charge in [0.2, 0.25) is 0 Å². The molecule has 0 spiro atoms. The van der Waals surface area contributed by atoms with Crippen molar-refractivity contribution in [3.63, 3.8) is 0 Å². The van der Waals surface area contributed by atoms with E-state index in [-0.39, 0.29) is 48.1 Å². The Morgan fingerprint density at radius 2 is 2.00 bits per heavy atom. The molecule has 1 N–H and O–H groups in total. The minimum atomic E-state index is -0.981. The summed E-state index contributed by atoms with van der Waals surface area (Å²) in [7, 11) is 0. The van der Waals surface area contributed by atoms with Crippen molar-refractivity contribution < 1.29 is 58.0 Å². The SMILES string of the molecule is C=CC(=O)O.[Fe].[H-].[Na+]. The number of hydrogen-bond acceptors (Lipinski definition) is 1. The fraction of sp³-hybridized carbons (Fsp3) is 0. The van der Waals surface area contributed by atoms with Crippen molar-refractivity contribution in [3.8, 4) is 0 Å².